The number of nitrogens with zero attached hydrogens (tertiary/aromatic N) is 1. The Bertz CT molecular complexity index is 1010. The molecule has 6 nitrogen and oxygen atoms in total. The zero-order chi connectivity index (χ0) is 23.6. The average Bonchev–Trinajstić information content (AvgIpc) is 2.73. The van der Waals surface area contributed by atoms with E-state index in [0.29, 0.717) is 12.0 Å². The number of rotatable bonds is 9. The number of carbonyl (C=O) groups excluding carboxylic acids is 2. The van der Waals surface area contributed by atoms with Gasteiger partial charge in [-0.2, -0.15) is 5.26 Å². The van der Waals surface area contributed by atoms with Crippen LogP contribution in [0, 0.1) is 23.7 Å². The lowest BCUT2D eigenvalue weighted by molar-refractivity contribution is -0.121. The van der Waals surface area contributed by atoms with Gasteiger partial charge in [0.25, 0.3) is 5.91 Å². The van der Waals surface area contributed by atoms with Crippen LogP contribution >= 0.6 is 0 Å². The SMILES string of the molecule is CC(C)(C)NC(=O)C(C#N)=Cc1ccc(F)c(OCCC(=O)N[CH]Cc2ccccc2)c1. The minimum atomic E-state index is -0.601. The summed E-state index contributed by atoms with van der Waals surface area (Å²) in [5, 5.41) is 14.7. The molecule has 0 saturated heterocycles. The van der Waals surface area contributed by atoms with Gasteiger partial charge >= 0.3 is 0 Å². The Morgan fingerprint density at radius 1 is 1.16 bits per heavy atom. The lowest BCUT2D eigenvalue weighted by atomic mass is 10.1. The predicted molar refractivity (Wildman–Crippen MR) is 121 cm³/mol. The van der Waals surface area contributed by atoms with Crippen molar-refractivity contribution in [3.05, 3.63) is 77.6 Å². The number of benzene rings is 2. The van der Waals surface area contributed by atoms with Crippen molar-refractivity contribution >= 4 is 17.9 Å². The Hall–Kier alpha value is -3.66. The molecule has 0 aromatic heterocycles. The van der Waals surface area contributed by atoms with Crippen LogP contribution < -0.4 is 15.4 Å². The van der Waals surface area contributed by atoms with E-state index >= 15 is 0 Å². The van der Waals surface area contributed by atoms with Crippen molar-refractivity contribution in [1.82, 2.24) is 10.6 Å². The fraction of sp³-hybridized carbons (Fsp3) is 0.280. The van der Waals surface area contributed by atoms with Crippen LogP contribution in [-0.2, 0) is 16.0 Å². The largest absolute Gasteiger partial charge is 0.490 e. The zero-order valence-electron chi connectivity index (χ0n) is 18.4. The number of nitriles is 1. The van der Waals surface area contributed by atoms with Crippen molar-refractivity contribution in [1.29, 1.82) is 5.26 Å². The molecule has 0 aliphatic rings. The highest BCUT2D eigenvalue weighted by Gasteiger charge is 2.17. The Morgan fingerprint density at radius 3 is 2.53 bits per heavy atom. The molecule has 167 valence electrons. The molecule has 1 radical (unpaired) electrons. The second kappa shape index (κ2) is 11.7. The van der Waals surface area contributed by atoms with Crippen LogP contribution in [0.3, 0.4) is 0 Å². The molecule has 0 saturated carbocycles. The van der Waals surface area contributed by atoms with Gasteiger partial charge in [0.2, 0.25) is 5.91 Å². The first-order valence-corrected chi connectivity index (χ1v) is 10.2. The molecule has 0 atom stereocenters. The molecule has 0 aliphatic heterocycles. The van der Waals surface area contributed by atoms with E-state index in [1.54, 1.807) is 27.3 Å². The van der Waals surface area contributed by atoms with Gasteiger partial charge in [-0.25, -0.2) is 4.39 Å². The average molecular weight is 437 g/mol. The highest BCUT2D eigenvalue weighted by molar-refractivity contribution is 6.02. The van der Waals surface area contributed by atoms with E-state index in [1.807, 2.05) is 36.4 Å². The van der Waals surface area contributed by atoms with E-state index < -0.39 is 17.3 Å². The van der Waals surface area contributed by atoms with Gasteiger partial charge in [0, 0.05) is 5.54 Å². The minimum Gasteiger partial charge on any atom is -0.490 e. The third kappa shape index (κ3) is 8.60. The fourth-order valence-electron chi connectivity index (χ4n) is 2.67. The first-order valence-electron chi connectivity index (χ1n) is 10.2. The van der Waals surface area contributed by atoms with Crippen LogP contribution in [0.2, 0.25) is 0 Å². The molecule has 7 heteroatoms. The van der Waals surface area contributed by atoms with Gasteiger partial charge in [-0.05, 0) is 56.5 Å². The smallest absolute Gasteiger partial charge is 0.262 e. The maximum Gasteiger partial charge on any atom is 0.262 e. The summed E-state index contributed by atoms with van der Waals surface area (Å²) in [5.74, 6) is -1.43. The summed E-state index contributed by atoms with van der Waals surface area (Å²) in [6.45, 7) is 7.05. The lowest BCUT2D eigenvalue weighted by Gasteiger charge is -2.20. The van der Waals surface area contributed by atoms with Crippen LogP contribution in [0.4, 0.5) is 4.39 Å². The molecule has 2 amide bonds. The van der Waals surface area contributed by atoms with Crippen molar-refractivity contribution in [3.8, 4) is 11.8 Å². The van der Waals surface area contributed by atoms with E-state index in [9.17, 15) is 19.2 Å². The zero-order valence-corrected chi connectivity index (χ0v) is 18.4. The van der Waals surface area contributed by atoms with Crippen molar-refractivity contribution in [2.45, 2.75) is 39.2 Å². The molecule has 32 heavy (non-hydrogen) atoms. The quantitative estimate of drug-likeness (QED) is 0.460. The van der Waals surface area contributed by atoms with E-state index in [1.165, 1.54) is 24.3 Å². The standard InChI is InChI=1S/C25H27FN3O3/c1-25(2,3)29-24(31)20(17-27)15-19-9-10-21(26)22(16-19)32-14-12-23(30)28-13-11-18-7-5-4-6-8-18/h4-10,13,15-16H,11-12,14H2,1-3H3,(H,28,30)(H,29,31). The van der Waals surface area contributed by atoms with Crippen molar-refractivity contribution in [3.63, 3.8) is 0 Å². The second-order valence-corrected chi connectivity index (χ2v) is 8.12. The van der Waals surface area contributed by atoms with Crippen LogP contribution in [0.1, 0.15) is 38.3 Å². The van der Waals surface area contributed by atoms with Gasteiger partial charge in [-0.15, -0.1) is 0 Å². The Labute approximate surface area is 188 Å². The minimum absolute atomic E-state index is 0.0231. The van der Waals surface area contributed by atoms with Crippen LogP contribution in [0.15, 0.2) is 54.1 Å². The highest BCUT2D eigenvalue weighted by atomic mass is 19.1. The third-order valence-corrected chi connectivity index (χ3v) is 4.15. The molecule has 2 rings (SSSR count). The number of ether oxygens (including phenoxy) is 1. The number of halogens is 1. The van der Waals surface area contributed by atoms with Crippen molar-refractivity contribution in [2.75, 3.05) is 6.61 Å². The summed E-state index contributed by atoms with van der Waals surface area (Å²) >= 11 is 0. The van der Waals surface area contributed by atoms with Gasteiger partial charge in [-0.3, -0.25) is 9.59 Å². The van der Waals surface area contributed by atoms with Gasteiger partial charge < -0.3 is 15.4 Å². The topological polar surface area (TPSA) is 91.2 Å². The number of carbonyl (C=O) groups is 2. The van der Waals surface area contributed by atoms with Crippen LogP contribution in [0.5, 0.6) is 5.75 Å². The number of hydrogen-bond acceptors (Lipinski definition) is 4. The molecule has 0 aliphatic carbocycles. The Balaban J connectivity index is 1.89. The van der Waals surface area contributed by atoms with E-state index in [0.717, 1.165) is 5.56 Å². The molecule has 0 unspecified atom stereocenters. The molecule has 2 aromatic carbocycles. The fourth-order valence-corrected chi connectivity index (χ4v) is 2.67. The summed E-state index contributed by atoms with van der Waals surface area (Å²) in [5.41, 5.74) is 0.904. The lowest BCUT2D eigenvalue weighted by Crippen LogP contribution is -2.41. The second-order valence-electron chi connectivity index (χ2n) is 8.12. The molecular formula is C25H27FN3O3. The predicted octanol–water partition coefficient (Wildman–Crippen LogP) is 3.94. The third-order valence-electron chi connectivity index (χ3n) is 4.15. The summed E-state index contributed by atoms with van der Waals surface area (Å²) in [4.78, 5) is 24.2. The molecule has 0 heterocycles. The summed E-state index contributed by atoms with van der Waals surface area (Å²) in [7, 11) is 0. The van der Waals surface area contributed by atoms with Gasteiger partial charge in [0.15, 0.2) is 11.6 Å². The monoisotopic (exact) mass is 436 g/mol. The first-order chi connectivity index (χ1) is 15.2. The van der Waals surface area contributed by atoms with Crippen molar-refractivity contribution < 1.29 is 18.7 Å². The molecule has 2 aromatic rings. The maximum absolute atomic E-state index is 14.1. The van der Waals surface area contributed by atoms with Gasteiger partial charge in [0.1, 0.15) is 11.6 Å². The summed E-state index contributed by atoms with van der Waals surface area (Å²) in [6, 6.07) is 15.6. The number of nitrogens with one attached hydrogen (secondary N) is 2. The molecule has 0 fully saturated rings. The summed E-state index contributed by atoms with van der Waals surface area (Å²) in [6.07, 6.45) is 2.00. The maximum atomic E-state index is 14.1. The molecule has 0 bridgehead atoms. The van der Waals surface area contributed by atoms with Crippen molar-refractivity contribution in [2.24, 2.45) is 0 Å². The van der Waals surface area contributed by atoms with Gasteiger partial charge in [0.05, 0.1) is 19.6 Å². The number of hydrogen-bond donors (Lipinski definition) is 2. The van der Waals surface area contributed by atoms with Crippen LogP contribution in [-0.4, -0.2) is 24.0 Å². The molecule has 2 N–H and O–H groups in total. The Morgan fingerprint density at radius 2 is 1.88 bits per heavy atom. The Kier molecular flexibility index (Phi) is 8.96. The van der Waals surface area contributed by atoms with E-state index in [2.05, 4.69) is 10.6 Å². The summed E-state index contributed by atoms with van der Waals surface area (Å²) < 4.78 is 19.5. The van der Waals surface area contributed by atoms with E-state index in [-0.39, 0.29) is 30.3 Å². The van der Waals surface area contributed by atoms with E-state index in [4.69, 9.17) is 4.74 Å². The van der Waals surface area contributed by atoms with Crippen LogP contribution in [0.25, 0.3) is 6.08 Å². The normalized spacial score (nSPS) is 11.4. The molecule has 0 spiro atoms. The first kappa shape index (κ1) is 24.6. The number of amides is 2. The highest BCUT2D eigenvalue weighted by Crippen LogP contribution is 2.21. The molecular weight excluding hydrogens is 409 g/mol. The van der Waals surface area contributed by atoms with Gasteiger partial charge in [-0.1, -0.05) is 36.4 Å².